The molecule has 1 saturated carbocycles. The second kappa shape index (κ2) is 7.31. The van der Waals surface area contributed by atoms with Crippen molar-refractivity contribution < 1.29 is 19.1 Å². The predicted octanol–water partition coefficient (Wildman–Crippen LogP) is 3.79. The number of carbonyl (C=O) groups excluding carboxylic acids is 2. The van der Waals surface area contributed by atoms with Gasteiger partial charge >= 0.3 is 12.1 Å². The molecular formula is C21H22N2O4. The number of esters is 1. The molecule has 4 rings (SSSR count). The van der Waals surface area contributed by atoms with Crippen LogP contribution in [-0.2, 0) is 9.47 Å². The van der Waals surface area contributed by atoms with Crippen LogP contribution in [0.4, 0.5) is 16.2 Å². The summed E-state index contributed by atoms with van der Waals surface area (Å²) in [6.45, 7) is 1.01. The van der Waals surface area contributed by atoms with Crippen LogP contribution < -0.4 is 10.2 Å². The Hall–Kier alpha value is -3.02. The molecule has 2 aromatic rings. The van der Waals surface area contributed by atoms with Gasteiger partial charge in [0.15, 0.2) is 0 Å². The van der Waals surface area contributed by atoms with E-state index < -0.39 is 5.97 Å². The van der Waals surface area contributed by atoms with E-state index in [4.69, 9.17) is 4.74 Å². The number of carbonyl (C=O) groups is 2. The molecule has 0 bridgehead atoms. The maximum Gasteiger partial charge on any atom is 0.414 e. The van der Waals surface area contributed by atoms with Gasteiger partial charge in [-0.25, -0.2) is 9.59 Å². The Morgan fingerprint density at radius 1 is 1.15 bits per heavy atom. The van der Waals surface area contributed by atoms with Crippen LogP contribution in [-0.4, -0.2) is 38.4 Å². The summed E-state index contributed by atoms with van der Waals surface area (Å²) in [5, 5.41) is 3.33. The minimum Gasteiger partial charge on any atom is -0.465 e. The normalized spacial score (nSPS) is 18.9. The number of methoxy groups -OCH3 is 1. The largest absolute Gasteiger partial charge is 0.465 e. The van der Waals surface area contributed by atoms with Crippen LogP contribution in [0.25, 0.3) is 0 Å². The number of nitrogens with zero attached hydrogens (tertiary/aromatic N) is 1. The number of cyclic esters (lactones) is 1. The van der Waals surface area contributed by atoms with Gasteiger partial charge in [-0.05, 0) is 60.7 Å². The van der Waals surface area contributed by atoms with Crippen molar-refractivity contribution in [3.8, 4) is 0 Å². The van der Waals surface area contributed by atoms with E-state index in [2.05, 4.69) is 34.3 Å². The topological polar surface area (TPSA) is 67.9 Å². The molecule has 2 fully saturated rings. The first-order chi connectivity index (χ1) is 13.1. The molecule has 1 amide bonds. The smallest absolute Gasteiger partial charge is 0.414 e. The fraction of sp³-hybridized carbons (Fsp3) is 0.333. The van der Waals surface area contributed by atoms with Crippen molar-refractivity contribution in [2.24, 2.45) is 0 Å². The van der Waals surface area contributed by atoms with E-state index >= 15 is 0 Å². The lowest BCUT2D eigenvalue weighted by Gasteiger charge is -2.14. The van der Waals surface area contributed by atoms with E-state index in [1.807, 2.05) is 0 Å². The van der Waals surface area contributed by atoms with Crippen molar-refractivity contribution >= 4 is 23.4 Å². The van der Waals surface area contributed by atoms with Gasteiger partial charge in [-0.3, -0.25) is 4.90 Å². The van der Waals surface area contributed by atoms with Crippen LogP contribution in [0.15, 0.2) is 48.5 Å². The minimum absolute atomic E-state index is 0.235. The average molecular weight is 366 g/mol. The van der Waals surface area contributed by atoms with Crippen LogP contribution in [0.2, 0.25) is 0 Å². The Labute approximate surface area is 158 Å². The van der Waals surface area contributed by atoms with Crippen LogP contribution in [0.1, 0.15) is 34.7 Å². The molecule has 1 aliphatic carbocycles. The van der Waals surface area contributed by atoms with Gasteiger partial charge in [0.1, 0.15) is 6.10 Å². The lowest BCUT2D eigenvalue weighted by atomic mass is 10.1. The third-order valence-electron chi connectivity index (χ3n) is 4.97. The molecule has 2 aliphatic rings. The number of benzene rings is 2. The van der Waals surface area contributed by atoms with E-state index in [9.17, 15) is 9.59 Å². The first-order valence-corrected chi connectivity index (χ1v) is 9.14. The molecule has 2 aromatic carbocycles. The first kappa shape index (κ1) is 17.4. The van der Waals surface area contributed by atoms with Crippen molar-refractivity contribution in [3.05, 3.63) is 59.7 Å². The molecule has 1 N–H and O–H groups in total. The number of ether oxygens (including phenoxy) is 2. The highest BCUT2D eigenvalue weighted by molar-refractivity contribution is 5.92. The fourth-order valence-corrected chi connectivity index (χ4v) is 3.26. The molecule has 0 spiro atoms. The second-order valence-electron chi connectivity index (χ2n) is 6.93. The molecule has 1 saturated heterocycles. The Morgan fingerprint density at radius 3 is 2.48 bits per heavy atom. The molecule has 1 atom stereocenters. The summed E-state index contributed by atoms with van der Waals surface area (Å²) in [5.41, 5.74) is 3.57. The number of nitrogens with one attached hydrogen (secondary N) is 1. The standard InChI is InChI=1S/C21H22N2O4/c1-26-20(24)16-6-10-18(11-7-16)23-13-19(27-21(23)25)12-22-17-8-4-15(5-9-17)14-2-3-14/h4-11,14,19,22H,2-3,12-13H2,1H3. The van der Waals surface area contributed by atoms with Gasteiger partial charge in [0.05, 0.1) is 25.8 Å². The van der Waals surface area contributed by atoms with Gasteiger partial charge in [0.2, 0.25) is 0 Å². The van der Waals surface area contributed by atoms with Gasteiger partial charge in [0.25, 0.3) is 0 Å². The van der Waals surface area contributed by atoms with Gasteiger partial charge in [-0.1, -0.05) is 12.1 Å². The molecule has 1 aliphatic heterocycles. The maximum atomic E-state index is 12.2. The number of rotatable bonds is 6. The zero-order chi connectivity index (χ0) is 18.8. The number of anilines is 2. The summed E-state index contributed by atoms with van der Waals surface area (Å²) < 4.78 is 10.1. The average Bonchev–Trinajstić information content (AvgIpc) is 3.49. The van der Waals surface area contributed by atoms with Crippen molar-refractivity contribution in [1.29, 1.82) is 0 Å². The van der Waals surface area contributed by atoms with Crippen molar-refractivity contribution in [2.75, 3.05) is 30.4 Å². The summed E-state index contributed by atoms with van der Waals surface area (Å²) in [6, 6.07) is 15.2. The van der Waals surface area contributed by atoms with E-state index in [1.54, 1.807) is 29.2 Å². The zero-order valence-corrected chi connectivity index (χ0v) is 15.2. The van der Waals surface area contributed by atoms with Crippen LogP contribution in [0, 0.1) is 0 Å². The summed E-state index contributed by atoms with van der Waals surface area (Å²) in [7, 11) is 1.34. The third kappa shape index (κ3) is 3.89. The lowest BCUT2D eigenvalue weighted by molar-refractivity contribution is 0.0600. The third-order valence-corrected chi connectivity index (χ3v) is 4.97. The minimum atomic E-state index is -0.402. The molecule has 0 aromatic heterocycles. The van der Waals surface area contributed by atoms with Crippen LogP contribution in [0.5, 0.6) is 0 Å². The zero-order valence-electron chi connectivity index (χ0n) is 15.2. The fourth-order valence-electron chi connectivity index (χ4n) is 3.26. The highest BCUT2D eigenvalue weighted by Crippen LogP contribution is 2.40. The number of amides is 1. The quantitative estimate of drug-likeness (QED) is 0.788. The van der Waals surface area contributed by atoms with Gasteiger partial charge in [-0.15, -0.1) is 0 Å². The Morgan fingerprint density at radius 2 is 1.85 bits per heavy atom. The summed E-state index contributed by atoms with van der Waals surface area (Å²) in [5.74, 6) is 0.342. The van der Waals surface area contributed by atoms with Crippen molar-refractivity contribution in [3.63, 3.8) is 0 Å². The molecule has 6 nitrogen and oxygen atoms in total. The first-order valence-electron chi connectivity index (χ1n) is 9.14. The molecule has 1 heterocycles. The van der Waals surface area contributed by atoms with E-state index in [-0.39, 0.29) is 12.2 Å². The SMILES string of the molecule is COC(=O)c1ccc(N2CC(CNc3ccc(C4CC4)cc3)OC2=O)cc1. The summed E-state index contributed by atoms with van der Waals surface area (Å²) in [4.78, 5) is 25.3. The monoisotopic (exact) mass is 366 g/mol. The maximum absolute atomic E-state index is 12.2. The molecular weight excluding hydrogens is 344 g/mol. The lowest BCUT2D eigenvalue weighted by Crippen LogP contribution is -2.27. The van der Waals surface area contributed by atoms with Crippen LogP contribution in [0.3, 0.4) is 0 Å². The number of hydrogen-bond acceptors (Lipinski definition) is 5. The van der Waals surface area contributed by atoms with Gasteiger partial charge in [0, 0.05) is 11.4 Å². The highest BCUT2D eigenvalue weighted by atomic mass is 16.6. The molecule has 140 valence electrons. The van der Waals surface area contributed by atoms with E-state index in [0.29, 0.717) is 24.3 Å². The van der Waals surface area contributed by atoms with Gasteiger partial charge in [-0.2, -0.15) is 0 Å². The Balaban J connectivity index is 1.33. The van der Waals surface area contributed by atoms with E-state index in [0.717, 1.165) is 11.6 Å². The second-order valence-corrected chi connectivity index (χ2v) is 6.93. The van der Waals surface area contributed by atoms with Crippen molar-refractivity contribution in [1.82, 2.24) is 0 Å². The highest BCUT2D eigenvalue weighted by Gasteiger charge is 2.32. The Kier molecular flexibility index (Phi) is 4.71. The molecule has 0 radical (unpaired) electrons. The molecule has 27 heavy (non-hydrogen) atoms. The Bertz CT molecular complexity index is 828. The predicted molar refractivity (Wildman–Crippen MR) is 102 cm³/mol. The van der Waals surface area contributed by atoms with E-state index in [1.165, 1.54) is 25.5 Å². The van der Waals surface area contributed by atoms with Gasteiger partial charge < -0.3 is 14.8 Å². The van der Waals surface area contributed by atoms with Crippen molar-refractivity contribution in [2.45, 2.75) is 24.9 Å². The molecule has 1 unspecified atom stereocenters. The summed E-state index contributed by atoms with van der Waals surface area (Å²) in [6.07, 6.45) is 1.97. The number of hydrogen-bond donors (Lipinski definition) is 1. The molecule has 6 heteroatoms. The summed E-state index contributed by atoms with van der Waals surface area (Å²) >= 11 is 0. The van der Waals surface area contributed by atoms with Crippen LogP contribution >= 0.6 is 0 Å².